The van der Waals surface area contributed by atoms with Crippen LogP contribution in [0.5, 0.6) is 0 Å². The number of nitrogens with one attached hydrogen (secondary N) is 1. The van der Waals surface area contributed by atoms with Crippen molar-refractivity contribution in [1.82, 2.24) is 15.1 Å². The minimum atomic E-state index is 0.526. The van der Waals surface area contributed by atoms with Gasteiger partial charge in [0.05, 0.1) is 0 Å². The Labute approximate surface area is 123 Å². The molecule has 0 spiro atoms. The van der Waals surface area contributed by atoms with Crippen molar-refractivity contribution in [2.24, 2.45) is 5.41 Å². The summed E-state index contributed by atoms with van der Waals surface area (Å²) >= 11 is 2.12. The third-order valence-electron chi connectivity index (χ3n) is 4.29. The maximum Gasteiger partial charge on any atom is 0.0163 e. The van der Waals surface area contributed by atoms with Crippen LogP contribution in [0.2, 0.25) is 0 Å². The Hall–Kier alpha value is 0.230. The largest absolute Gasteiger partial charge is 0.313 e. The predicted molar refractivity (Wildman–Crippen MR) is 86.1 cm³/mol. The van der Waals surface area contributed by atoms with Crippen molar-refractivity contribution < 1.29 is 0 Å². The summed E-state index contributed by atoms with van der Waals surface area (Å²) in [7, 11) is 2.22. The van der Waals surface area contributed by atoms with Gasteiger partial charge in [-0.15, -0.1) is 0 Å². The first-order chi connectivity index (χ1) is 9.05. The summed E-state index contributed by atoms with van der Waals surface area (Å²) in [5.74, 6) is 2.63. The molecule has 0 aliphatic carbocycles. The maximum atomic E-state index is 3.77. The smallest absolute Gasteiger partial charge is 0.0163 e. The second kappa shape index (κ2) is 7.30. The van der Waals surface area contributed by atoms with Crippen LogP contribution < -0.4 is 5.32 Å². The van der Waals surface area contributed by atoms with Crippen LogP contribution in [0.4, 0.5) is 0 Å². The quantitative estimate of drug-likeness (QED) is 0.775. The number of hydrogen-bond donors (Lipinski definition) is 1. The molecule has 2 heterocycles. The van der Waals surface area contributed by atoms with Gasteiger partial charge in [0, 0.05) is 38.0 Å². The van der Waals surface area contributed by atoms with E-state index >= 15 is 0 Å². The highest BCUT2D eigenvalue weighted by atomic mass is 32.2. The molecule has 4 heteroatoms. The predicted octanol–water partition coefficient (Wildman–Crippen LogP) is 1.75. The van der Waals surface area contributed by atoms with E-state index in [9.17, 15) is 0 Å². The van der Waals surface area contributed by atoms with Gasteiger partial charge in [-0.1, -0.05) is 13.8 Å². The zero-order chi connectivity index (χ0) is 13.7. The Morgan fingerprint density at radius 1 is 1.21 bits per heavy atom. The molecule has 2 aliphatic heterocycles. The van der Waals surface area contributed by atoms with E-state index in [4.69, 9.17) is 0 Å². The molecule has 3 nitrogen and oxygen atoms in total. The lowest BCUT2D eigenvalue weighted by Gasteiger charge is -2.35. The lowest BCUT2D eigenvalue weighted by atomic mass is 9.88. The molecule has 0 aromatic rings. The number of hydrogen-bond acceptors (Lipinski definition) is 4. The van der Waals surface area contributed by atoms with E-state index in [1.165, 1.54) is 63.6 Å². The monoisotopic (exact) mass is 285 g/mol. The molecular weight excluding hydrogens is 254 g/mol. The van der Waals surface area contributed by atoms with Crippen molar-refractivity contribution in [2.45, 2.75) is 32.7 Å². The van der Waals surface area contributed by atoms with Gasteiger partial charge < -0.3 is 15.1 Å². The lowest BCUT2D eigenvalue weighted by Crippen LogP contribution is -2.45. The molecule has 2 aliphatic rings. The van der Waals surface area contributed by atoms with Crippen molar-refractivity contribution in [3.8, 4) is 0 Å². The molecule has 0 aromatic carbocycles. The van der Waals surface area contributed by atoms with Gasteiger partial charge in [-0.25, -0.2) is 0 Å². The van der Waals surface area contributed by atoms with Crippen LogP contribution in [0.15, 0.2) is 0 Å². The Bertz CT molecular complexity index is 262. The van der Waals surface area contributed by atoms with Crippen molar-refractivity contribution in [2.75, 3.05) is 57.8 Å². The average molecular weight is 286 g/mol. The highest BCUT2D eigenvalue weighted by molar-refractivity contribution is 7.99. The maximum absolute atomic E-state index is 3.77. The molecule has 2 fully saturated rings. The fourth-order valence-corrected chi connectivity index (χ4v) is 4.38. The summed E-state index contributed by atoms with van der Waals surface area (Å²) < 4.78 is 0. The summed E-state index contributed by atoms with van der Waals surface area (Å²) in [6, 6.07) is 0.737. The molecule has 1 N–H and O–H groups in total. The van der Waals surface area contributed by atoms with Gasteiger partial charge in [0.25, 0.3) is 0 Å². The standard InChI is InChI=1S/C15H31N3S/c1-15(2)11-14(12-19-13-15)16-5-4-6-18-9-7-17(3)8-10-18/h14,16H,4-13H2,1-3H3. The van der Waals surface area contributed by atoms with Crippen LogP contribution in [0.3, 0.4) is 0 Å². The van der Waals surface area contributed by atoms with Gasteiger partial charge in [0.2, 0.25) is 0 Å². The highest BCUT2D eigenvalue weighted by Crippen LogP contribution is 2.33. The van der Waals surface area contributed by atoms with E-state index in [0.717, 1.165) is 6.04 Å². The Kier molecular flexibility index (Phi) is 6.00. The van der Waals surface area contributed by atoms with Gasteiger partial charge in [-0.2, -0.15) is 11.8 Å². The molecule has 1 atom stereocenters. The van der Waals surface area contributed by atoms with Crippen LogP contribution in [-0.4, -0.2) is 73.7 Å². The van der Waals surface area contributed by atoms with E-state index in [1.54, 1.807) is 0 Å². The topological polar surface area (TPSA) is 18.5 Å². The van der Waals surface area contributed by atoms with Crippen molar-refractivity contribution in [1.29, 1.82) is 0 Å². The SMILES string of the molecule is CN1CCN(CCCNC2CSCC(C)(C)C2)CC1. The van der Waals surface area contributed by atoms with Gasteiger partial charge in [0.1, 0.15) is 0 Å². The van der Waals surface area contributed by atoms with E-state index in [-0.39, 0.29) is 0 Å². The highest BCUT2D eigenvalue weighted by Gasteiger charge is 2.27. The van der Waals surface area contributed by atoms with Gasteiger partial charge in [-0.3, -0.25) is 0 Å². The zero-order valence-corrected chi connectivity index (χ0v) is 13.8. The van der Waals surface area contributed by atoms with Crippen LogP contribution in [0, 0.1) is 5.41 Å². The molecule has 2 saturated heterocycles. The first-order valence-corrected chi connectivity index (χ1v) is 8.93. The molecule has 0 bridgehead atoms. The van der Waals surface area contributed by atoms with Crippen molar-refractivity contribution in [3.05, 3.63) is 0 Å². The summed E-state index contributed by atoms with van der Waals surface area (Å²) in [6.07, 6.45) is 2.64. The molecule has 0 aromatic heterocycles. The van der Waals surface area contributed by atoms with Crippen molar-refractivity contribution >= 4 is 11.8 Å². The fourth-order valence-electron chi connectivity index (χ4n) is 3.07. The summed E-state index contributed by atoms with van der Waals surface area (Å²) in [5.41, 5.74) is 0.526. The molecule has 0 saturated carbocycles. The molecule has 19 heavy (non-hydrogen) atoms. The molecule has 2 rings (SSSR count). The molecule has 0 radical (unpaired) electrons. The van der Waals surface area contributed by atoms with E-state index < -0.39 is 0 Å². The van der Waals surface area contributed by atoms with E-state index in [0.29, 0.717) is 5.41 Å². The number of likely N-dealkylation sites (N-methyl/N-ethyl adjacent to an activating group) is 1. The molecular formula is C15H31N3S. The second-order valence-corrected chi connectivity index (χ2v) is 8.06. The molecule has 0 amide bonds. The van der Waals surface area contributed by atoms with Gasteiger partial charge >= 0.3 is 0 Å². The lowest BCUT2D eigenvalue weighted by molar-refractivity contribution is 0.152. The first kappa shape index (κ1) is 15.6. The van der Waals surface area contributed by atoms with Crippen LogP contribution in [0.25, 0.3) is 0 Å². The van der Waals surface area contributed by atoms with Crippen LogP contribution in [0.1, 0.15) is 26.7 Å². The third kappa shape index (κ3) is 5.62. The number of rotatable bonds is 5. The zero-order valence-electron chi connectivity index (χ0n) is 13.0. The molecule has 112 valence electrons. The van der Waals surface area contributed by atoms with Crippen LogP contribution >= 0.6 is 11.8 Å². The van der Waals surface area contributed by atoms with Gasteiger partial charge in [0.15, 0.2) is 0 Å². The van der Waals surface area contributed by atoms with E-state index in [1.807, 2.05) is 0 Å². The van der Waals surface area contributed by atoms with Gasteiger partial charge in [-0.05, 0) is 44.1 Å². The second-order valence-electron chi connectivity index (χ2n) is 7.03. The first-order valence-electron chi connectivity index (χ1n) is 7.77. The third-order valence-corrected chi connectivity index (χ3v) is 5.91. The Balaban J connectivity index is 1.54. The minimum Gasteiger partial charge on any atom is -0.313 e. The number of thioether (sulfide) groups is 1. The van der Waals surface area contributed by atoms with Crippen molar-refractivity contribution in [3.63, 3.8) is 0 Å². The minimum absolute atomic E-state index is 0.526. The fraction of sp³-hybridized carbons (Fsp3) is 1.00. The summed E-state index contributed by atoms with van der Waals surface area (Å²) in [5, 5.41) is 3.77. The Morgan fingerprint density at radius 2 is 1.95 bits per heavy atom. The normalized spacial score (nSPS) is 29.5. The summed E-state index contributed by atoms with van der Waals surface area (Å²) in [4.78, 5) is 5.04. The van der Waals surface area contributed by atoms with Crippen LogP contribution in [-0.2, 0) is 0 Å². The van der Waals surface area contributed by atoms with E-state index in [2.05, 4.69) is 47.8 Å². The molecule has 1 unspecified atom stereocenters. The number of nitrogens with zero attached hydrogens (tertiary/aromatic N) is 2. The number of piperazine rings is 1. The summed E-state index contributed by atoms with van der Waals surface area (Å²) in [6.45, 7) is 12.2. The Morgan fingerprint density at radius 3 is 2.63 bits per heavy atom. The average Bonchev–Trinajstić information content (AvgIpc) is 2.36.